The first-order valence-electron chi connectivity index (χ1n) is 9.64. The van der Waals surface area contributed by atoms with Gasteiger partial charge in [0.25, 0.3) is 5.56 Å². The number of hydrogen-bond donors (Lipinski definition) is 2. The van der Waals surface area contributed by atoms with E-state index in [9.17, 15) is 9.59 Å². The molecular weight excluding hydrogens is 392 g/mol. The Morgan fingerprint density at radius 1 is 1.28 bits per heavy atom. The van der Waals surface area contributed by atoms with Crippen LogP contribution in [-0.2, 0) is 17.6 Å². The number of aliphatic carboxylic acids is 1. The number of methoxy groups -OCH3 is 1. The van der Waals surface area contributed by atoms with Crippen molar-refractivity contribution in [1.29, 1.82) is 0 Å². The lowest BCUT2D eigenvalue weighted by atomic mass is 9.97. The molecule has 0 spiro atoms. The van der Waals surface area contributed by atoms with Crippen LogP contribution in [-0.4, -0.2) is 34.8 Å². The Kier molecular flexibility index (Phi) is 5.53. The number of thiophene rings is 1. The van der Waals surface area contributed by atoms with E-state index in [1.165, 1.54) is 17.6 Å². The van der Waals surface area contributed by atoms with Crippen molar-refractivity contribution in [2.45, 2.75) is 38.5 Å². The van der Waals surface area contributed by atoms with Gasteiger partial charge in [-0.2, -0.15) is 0 Å². The molecule has 1 aromatic carbocycles. The van der Waals surface area contributed by atoms with Gasteiger partial charge < -0.3 is 19.6 Å². The van der Waals surface area contributed by atoms with Crippen molar-refractivity contribution in [3.63, 3.8) is 0 Å². The molecule has 2 N–H and O–H groups in total. The van der Waals surface area contributed by atoms with Crippen molar-refractivity contribution in [3.05, 3.63) is 39.0 Å². The normalized spacial score (nSPS) is 13.3. The molecule has 152 valence electrons. The molecule has 3 aromatic rings. The van der Waals surface area contributed by atoms with Gasteiger partial charge in [0.05, 0.1) is 19.1 Å². The largest absolute Gasteiger partial charge is 0.493 e. The average Bonchev–Trinajstić information content (AvgIpc) is 3.10. The van der Waals surface area contributed by atoms with Crippen molar-refractivity contribution in [2.24, 2.45) is 0 Å². The highest BCUT2D eigenvalue weighted by atomic mass is 32.1. The van der Waals surface area contributed by atoms with E-state index in [4.69, 9.17) is 19.6 Å². The van der Waals surface area contributed by atoms with Crippen LogP contribution in [0.2, 0.25) is 0 Å². The number of rotatable bonds is 7. The van der Waals surface area contributed by atoms with Crippen LogP contribution in [0.1, 0.15) is 36.1 Å². The summed E-state index contributed by atoms with van der Waals surface area (Å²) >= 11 is 1.62. The summed E-state index contributed by atoms with van der Waals surface area (Å²) in [7, 11) is 1.54. The monoisotopic (exact) mass is 414 g/mol. The quantitative estimate of drug-likeness (QED) is 0.571. The molecule has 0 amide bonds. The molecular formula is C21H22N2O5S. The zero-order chi connectivity index (χ0) is 20.4. The molecule has 0 radical (unpaired) electrons. The smallest absolute Gasteiger partial charge is 0.303 e. The second-order valence-electron chi connectivity index (χ2n) is 7.02. The number of aromatic nitrogens is 2. The number of carboxylic acids is 1. The lowest BCUT2D eigenvalue weighted by Crippen LogP contribution is -2.11. The molecule has 1 aliphatic rings. The summed E-state index contributed by atoms with van der Waals surface area (Å²) in [6.07, 6.45) is 4.71. The standard InChI is InChI=1S/C21H22N2O5S/c1-27-15-11-12(8-9-14(15)28-10-4-7-17(24)25)19-22-20(26)18-13-5-2-3-6-16(13)29-21(18)23-19/h8-9,11H,2-7,10H2,1H3,(H,24,25)(H,22,23,26). The van der Waals surface area contributed by atoms with Crippen LogP contribution in [0, 0.1) is 0 Å². The van der Waals surface area contributed by atoms with Gasteiger partial charge >= 0.3 is 5.97 Å². The summed E-state index contributed by atoms with van der Waals surface area (Å²) in [5.74, 6) is 0.677. The fourth-order valence-corrected chi connectivity index (χ4v) is 4.90. The van der Waals surface area contributed by atoms with Crippen molar-refractivity contribution in [3.8, 4) is 22.9 Å². The third kappa shape index (κ3) is 3.98. The highest BCUT2D eigenvalue weighted by Crippen LogP contribution is 2.35. The Hall–Kier alpha value is -2.87. The predicted molar refractivity (Wildman–Crippen MR) is 111 cm³/mol. The molecule has 0 unspecified atom stereocenters. The minimum atomic E-state index is -0.850. The number of nitrogens with zero attached hydrogens (tertiary/aromatic N) is 1. The Balaban J connectivity index is 1.63. The minimum Gasteiger partial charge on any atom is -0.493 e. The number of aromatic amines is 1. The first-order valence-corrected chi connectivity index (χ1v) is 10.5. The third-order valence-corrected chi connectivity index (χ3v) is 6.24. The highest BCUT2D eigenvalue weighted by molar-refractivity contribution is 7.18. The van der Waals surface area contributed by atoms with Crippen LogP contribution >= 0.6 is 11.3 Å². The van der Waals surface area contributed by atoms with E-state index >= 15 is 0 Å². The summed E-state index contributed by atoms with van der Waals surface area (Å²) in [6.45, 7) is 0.282. The highest BCUT2D eigenvalue weighted by Gasteiger charge is 2.20. The second kappa shape index (κ2) is 8.24. The number of H-pyrrole nitrogens is 1. The minimum absolute atomic E-state index is 0.0519. The number of aryl methyl sites for hydroxylation is 2. The second-order valence-corrected chi connectivity index (χ2v) is 8.10. The van der Waals surface area contributed by atoms with Crippen LogP contribution < -0.4 is 15.0 Å². The van der Waals surface area contributed by atoms with E-state index < -0.39 is 5.97 Å². The van der Waals surface area contributed by atoms with Crippen molar-refractivity contribution < 1.29 is 19.4 Å². The van der Waals surface area contributed by atoms with Gasteiger partial charge in [0.15, 0.2) is 11.5 Å². The van der Waals surface area contributed by atoms with E-state index in [2.05, 4.69) is 4.98 Å². The van der Waals surface area contributed by atoms with Crippen LogP contribution in [0.25, 0.3) is 21.6 Å². The fraction of sp³-hybridized carbons (Fsp3) is 0.381. The van der Waals surface area contributed by atoms with Crippen LogP contribution in [0.3, 0.4) is 0 Å². The first kappa shape index (κ1) is 19.4. The molecule has 0 bridgehead atoms. The van der Waals surface area contributed by atoms with Gasteiger partial charge in [-0.25, -0.2) is 4.98 Å². The number of ether oxygens (including phenoxy) is 2. The molecule has 2 heterocycles. The maximum atomic E-state index is 12.8. The molecule has 0 saturated heterocycles. The van der Waals surface area contributed by atoms with Crippen LogP contribution in [0.5, 0.6) is 11.5 Å². The lowest BCUT2D eigenvalue weighted by molar-refractivity contribution is -0.137. The Bertz CT molecular complexity index is 1120. The first-order chi connectivity index (χ1) is 14.1. The number of nitrogens with one attached hydrogen (secondary N) is 1. The third-order valence-electron chi connectivity index (χ3n) is 5.05. The summed E-state index contributed by atoms with van der Waals surface area (Å²) in [5.41, 5.74) is 1.79. The van der Waals surface area contributed by atoms with E-state index in [0.717, 1.165) is 41.5 Å². The predicted octanol–water partition coefficient (Wildman–Crippen LogP) is 3.78. The van der Waals surface area contributed by atoms with E-state index in [0.29, 0.717) is 23.7 Å². The van der Waals surface area contributed by atoms with Gasteiger partial charge in [-0.3, -0.25) is 9.59 Å². The van der Waals surface area contributed by atoms with Gasteiger partial charge in [0.2, 0.25) is 0 Å². The number of fused-ring (bicyclic) bond motifs is 3. The summed E-state index contributed by atoms with van der Waals surface area (Å²) in [5, 5.41) is 9.44. The molecule has 0 aliphatic heterocycles. The van der Waals surface area contributed by atoms with Crippen molar-refractivity contribution in [2.75, 3.05) is 13.7 Å². The summed E-state index contributed by atoms with van der Waals surface area (Å²) < 4.78 is 11.1. The Morgan fingerprint density at radius 2 is 2.10 bits per heavy atom. The molecule has 4 rings (SSSR count). The van der Waals surface area contributed by atoms with Gasteiger partial charge in [-0.15, -0.1) is 11.3 Å². The van der Waals surface area contributed by atoms with E-state index in [1.807, 2.05) is 6.07 Å². The topological polar surface area (TPSA) is 102 Å². The molecule has 1 aliphatic carbocycles. The van der Waals surface area contributed by atoms with E-state index in [1.54, 1.807) is 23.5 Å². The number of carboxylic acid groups (broad SMARTS) is 1. The maximum absolute atomic E-state index is 12.8. The number of carbonyl (C=O) groups is 1. The molecule has 0 atom stereocenters. The number of hydrogen-bond acceptors (Lipinski definition) is 6. The van der Waals surface area contributed by atoms with Gasteiger partial charge in [-0.05, 0) is 55.9 Å². The lowest BCUT2D eigenvalue weighted by Gasteiger charge is -2.12. The summed E-state index contributed by atoms with van der Waals surface area (Å²) in [4.78, 5) is 33.1. The van der Waals surface area contributed by atoms with Crippen LogP contribution in [0.4, 0.5) is 0 Å². The maximum Gasteiger partial charge on any atom is 0.303 e. The Labute approximate surface area is 171 Å². The molecule has 8 heteroatoms. The van der Waals surface area contributed by atoms with Crippen molar-refractivity contribution in [1.82, 2.24) is 9.97 Å². The zero-order valence-electron chi connectivity index (χ0n) is 16.1. The zero-order valence-corrected chi connectivity index (χ0v) is 16.9. The Morgan fingerprint density at radius 3 is 2.90 bits per heavy atom. The van der Waals surface area contributed by atoms with Gasteiger partial charge in [0.1, 0.15) is 10.7 Å². The fourth-order valence-electron chi connectivity index (χ4n) is 3.64. The SMILES string of the molecule is COc1cc(-c2nc3sc4c(c3c(=O)[nH]2)CCCC4)ccc1OCCCC(=O)O. The van der Waals surface area contributed by atoms with Gasteiger partial charge in [0, 0.05) is 16.9 Å². The van der Waals surface area contributed by atoms with Gasteiger partial charge in [-0.1, -0.05) is 0 Å². The van der Waals surface area contributed by atoms with Crippen molar-refractivity contribution >= 4 is 27.5 Å². The molecule has 29 heavy (non-hydrogen) atoms. The number of benzene rings is 1. The molecule has 7 nitrogen and oxygen atoms in total. The average molecular weight is 414 g/mol. The summed E-state index contributed by atoms with van der Waals surface area (Å²) in [6, 6.07) is 5.33. The van der Waals surface area contributed by atoms with E-state index in [-0.39, 0.29) is 18.6 Å². The van der Waals surface area contributed by atoms with Crippen LogP contribution in [0.15, 0.2) is 23.0 Å². The molecule has 0 fully saturated rings. The molecule has 2 aromatic heterocycles. The molecule has 0 saturated carbocycles.